The van der Waals surface area contributed by atoms with E-state index in [1.165, 1.54) is 12.1 Å². The van der Waals surface area contributed by atoms with E-state index in [0.29, 0.717) is 11.6 Å². The van der Waals surface area contributed by atoms with Crippen LogP contribution in [0.3, 0.4) is 0 Å². The maximum atomic E-state index is 12.2. The first kappa shape index (κ1) is 22.5. The molecule has 0 saturated heterocycles. The lowest BCUT2D eigenvalue weighted by Gasteiger charge is -2.10. The summed E-state index contributed by atoms with van der Waals surface area (Å²) in [5.74, 6) is -0.599. The second-order valence-electron chi connectivity index (χ2n) is 6.86. The highest BCUT2D eigenvalue weighted by atomic mass is 35.5. The zero-order valence-electron chi connectivity index (χ0n) is 16.1. The van der Waals surface area contributed by atoms with Crippen LogP contribution in [0, 0.1) is 19.8 Å². The van der Waals surface area contributed by atoms with Crippen molar-refractivity contribution < 1.29 is 14.3 Å². The molecule has 0 atom stereocenters. The first-order chi connectivity index (χ1) is 13.1. The third-order valence-corrected chi connectivity index (χ3v) is 5.07. The van der Waals surface area contributed by atoms with Gasteiger partial charge in [-0.3, -0.25) is 14.3 Å². The number of carbonyl (C=O) groups is 2. The van der Waals surface area contributed by atoms with Crippen molar-refractivity contribution >= 4 is 52.4 Å². The minimum atomic E-state index is -0.530. The molecular weight excluding hydrogens is 425 g/mol. The largest absolute Gasteiger partial charge is 0.455 e. The van der Waals surface area contributed by atoms with Crippen molar-refractivity contribution in [3.63, 3.8) is 0 Å². The maximum Gasteiger partial charge on any atom is 0.310 e. The van der Waals surface area contributed by atoms with E-state index in [9.17, 15) is 9.59 Å². The van der Waals surface area contributed by atoms with Gasteiger partial charge in [-0.2, -0.15) is 5.10 Å². The third kappa shape index (κ3) is 5.87. The molecule has 152 valence electrons. The molecule has 0 radical (unpaired) electrons. The van der Waals surface area contributed by atoms with Crippen molar-refractivity contribution in [3.05, 3.63) is 44.2 Å². The lowest BCUT2D eigenvalue weighted by Crippen LogP contribution is -2.22. The highest BCUT2D eigenvalue weighted by molar-refractivity contribution is 6.44. The molecule has 0 aliphatic carbocycles. The summed E-state index contributed by atoms with van der Waals surface area (Å²) in [6, 6.07) is 2.86. The first-order valence-corrected chi connectivity index (χ1v) is 9.84. The molecular formula is C19H22Cl3N3O3. The number of anilines is 1. The number of halogens is 3. The van der Waals surface area contributed by atoms with Gasteiger partial charge < -0.3 is 10.1 Å². The van der Waals surface area contributed by atoms with E-state index in [4.69, 9.17) is 39.5 Å². The quantitative estimate of drug-likeness (QED) is 0.488. The summed E-state index contributed by atoms with van der Waals surface area (Å²) in [4.78, 5) is 24.2. The zero-order chi connectivity index (χ0) is 21.0. The number of rotatable bonds is 7. The first-order valence-electron chi connectivity index (χ1n) is 8.71. The topological polar surface area (TPSA) is 73.2 Å². The van der Waals surface area contributed by atoms with Crippen LogP contribution < -0.4 is 5.32 Å². The number of benzene rings is 1. The fourth-order valence-corrected chi connectivity index (χ4v) is 3.25. The normalized spacial score (nSPS) is 11.0. The molecule has 1 aromatic carbocycles. The van der Waals surface area contributed by atoms with Crippen molar-refractivity contribution in [1.29, 1.82) is 0 Å². The number of nitrogens with one attached hydrogen (secondary N) is 1. The van der Waals surface area contributed by atoms with E-state index in [2.05, 4.69) is 24.3 Å². The Bertz CT molecular complexity index is 894. The maximum absolute atomic E-state index is 12.2. The van der Waals surface area contributed by atoms with E-state index in [1.54, 1.807) is 0 Å². The van der Waals surface area contributed by atoms with Crippen LogP contribution in [0.2, 0.25) is 15.1 Å². The molecule has 1 N–H and O–H groups in total. The molecule has 1 heterocycles. The second kappa shape index (κ2) is 9.63. The van der Waals surface area contributed by atoms with Gasteiger partial charge in [-0.15, -0.1) is 0 Å². The van der Waals surface area contributed by atoms with E-state index in [-0.39, 0.29) is 21.5 Å². The Morgan fingerprint density at radius 2 is 1.79 bits per heavy atom. The van der Waals surface area contributed by atoms with Gasteiger partial charge in [0.05, 0.1) is 32.9 Å². The smallest absolute Gasteiger partial charge is 0.310 e. The number of nitrogens with zero attached hydrogens (tertiary/aromatic N) is 2. The highest BCUT2D eigenvalue weighted by Gasteiger charge is 2.17. The molecule has 2 rings (SSSR count). The van der Waals surface area contributed by atoms with Crippen molar-refractivity contribution in [2.24, 2.45) is 5.92 Å². The van der Waals surface area contributed by atoms with Gasteiger partial charge in [-0.1, -0.05) is 48.7 Å². The molecule has 0 aliphatic heterocycles. The van der Waals surface area contributed by atoms with Crippen molar-refractivity contribution in [1.82, 2.24) is 9.78 Å². The number of aromatic nitrogens is 2. The third-order valence-electron chi connectivity index (χ3n) is 4.04. The molecule has 0 aliphatic rings. The minimum Gasteiger partial charge on any atom is -0.455 e. The number of esters is 1. The molecule has 0 spiro atoms. The average molecular weight is 447 g/mol. The minimum absolute atomic E-state index is 0.0522. The summed E-state index contributed by atoms with van der Waals surface area (Å²) in [6.45, 7) is 8.31. The van der Waals surface area contributed by atoms with E-state index in [0.717, 1.165) is 23.5 Å². The van der Waals surface area contributed by atoms with Crippen LogP contribution in [0.25, 0.3) is 0 Å². The molecule has 0 bridgehead atoms. The Morgan fingerprint density at radius 1 is 1.14 bits per heavy atom. The molecule has 28 heavy (non-hydrogen) atoms. The monoisotopic (exact) mass is 445 g/mol. The van der Waals surface area contributed by atoms with Crippen LogP contribution >= 0.6 is 34.8 Å². The Morgan fingerprint density at radius 3 is 2.43 bits per heavy atom. The van der Waals surface area contributed by atoms with Crippen LogP contribution in [-0.2, 0) is 27.3 Å². The Hall–Kier alpha value is -1.76. The number of aryl methyl sites for hydroxylation is 1. The van der Waals surface area contributed by atoms with Gasteiger partial charge in [-0.25, -0.2) is 0 Å². The van der Waals surface area contributed by atoms with Crippen molar-refractivity contribution in [3.8, 4) is 0 Å². The lowest BCUT2D eigenvalue weighted by molar-refractivity contribution is -0.146. The summed E-state index contributed by atoms with van der Waals surface area (Å²) in [5, 5.41) is 7.77. The summed E-state index contributed by atoms with van der Waals surface area (Å²) in [5.41, 5.74) is 2.81. The Labute approximate surface area is 179 Å². The zero-order valence-corrected chi connectivity index (χ0v) is 18.4. The van der Waals surface area contributed by atoms with Crippen LogP contribution in [0.1, 0.15) is 30.8 Å². The Kier molecular flexibility index (Phi) is 7.75. The molecule has 1 amide bonds. The van der Waals surface area contributed by atoms with Gasteiger partial charge in [-0.05, 0) is 31.9 Å². The predicted octanol–water partition coefficient (Wildman–Crippen LogP) is 4.84. The van der Waals surface area contributed by atoms with Gasteiger partial charge >= 0.3 is 5.97 Å². The van der Waals surface area contributed by atoms with Crippen LogP contribution in [0.4, 0.5) is 5.69 Å². The fraction of sp³-hybridized carbons (Fsp3) is 0.421. The number of amides is 1. The average Bonchev–Trinajstić information content (AvgIpc) is 2.84. The van der Waals surface area contributed by atoms with Crippen LogP contribution in [-0.4, -0.2) is 28.3 Å². The predicted molar refractivity (Wildman–Crippen MR) is 111 cm³/mol. The molecule has 9 heteroatoms. The number of carbonyl (C=O) groups excluding carboxylic acids is 2. The standard InChI is InChI=1S/C19H22Cl3N3O3/c1-10(2)8-25-12(4)13(11(3)24-25)5-19(27)28-9-18(26)23-17-7-15(21)14(20)6-16(17)22/h6-7,10H,5,8-9H2,1-4H3,(H,23,26). The fourth-order valence-electron chi connectivity index (χ4n) is 2.66. The molecule has 6 nitrogen and oxygen atoms in total. The van der Waals surface area contributed by atoms with Crippen LogP contribution in [0.5, 0.6) is 0 Å². The van der Waals surface area contributed by atoms with Crippen molar-refractivity contribution in [2.75, 3.05) is 11.9 Å². The summed E-state index contributed by atoms with van der Waals surface area (Å²) in [6.07, 6.45) is 0.0522. The van der Waals surface area contributed by atoms with Gasteiger partial charge in [0.15, 0.2) is 6.61 Å². The van der Waals surface area contributed by atoms with Gasteiger partial charge in [0.25, 0.3) is 5.91 Å². The molecule has 2 aromatic rings. The SMILES string of the molecule is Cc1nn(CC(C)C)c(C)c1CC(=O)OCC(=O)Nc1cc(Cl)c(Cl)cc1Cl. The van der Waals surface area contributed by atoms with E-state index < -0.39 is 18.5 Å². The number of hydrogen-bond donors (Lipinski definition) is 1. The summed E-state index contributed by atoms with van der Waals surface area (Å²) < 4.78 is 6.97. The molecule has 0 unspecified atom stereocenters. The number of hydrogen-bond acceptors (Lipinski definition) is 4. The second-order valence-corrected chi connectivity index (χ2v) is 8.08. The van der Waals surface area contributed by atoms with Crippen LogP contribution in [0.15, 0.2) is 12.1 Å². The van der Waals surface area contributed by atoms with Gasteiger partial charge in [0.1, 0.15) is 0 Å². The van der Waals surface area contributed by atoms with E-state index >= 15 is 0 Å². The Balaban J connectivity index is 1.93. The molecule has 0 saturated carbocycles. The van der Waals surface area contributed by atoms with Gasteiger partial charge in [0, 0.05) is 17.8 Å². The number of ether oxygens (including phenoxy) is 1. The van der Waals surface area contributed by atoms with Crippen molar-refractivity contribution in [2.45, 2.75) is 40.7 Å². The molecule has 0 fully saturated rings. The lowest BCUT2D eigenvalue weighted by atomic mass is 10.1. The van der Waals surface area contributed by atoms with E-state index in [1.807, 2.05) is 18.5 Å². The summed E-state index contributed by atoms with van der Waals surface area (Å²) in [7, 11) is 0. The van der Waals surface area contributed by atoms with Gasteiger partial charge in [0.2, 0.25) is 0 Å². The molecule has 1 aromatic heterocycles. The highest BCUT2D eigenvalue weighted by Crippen LogP contribution is 2.32. The summed E-state index contributed by atoms with van der Waals surface area (Å²) >= 11 is 17.8.